The third-order valence-electron chi connectivity index (χ3n) is 3.64. The van der Waals surface area contributed by atoms with Crippen molar-refractivity contribution in [3.63, 3.8) is 0 Å². The molecule has 1 heterocycles. The number of rotatable bonds is 4. The molecule has 4 nitrogen and oxygen atoms in total. The Hall–Kier alpha value is -1.03. The van der Waals surface area contributed by atoms with Gasteiger partial charge in [0.1, 0.15) is 0 Å². The fraction of sp³-hybridized carbons (Fsp3) is 0.750. The summed E-state index contributed by atoms with van der Waals surface area (Å²) in [5.41, 5.74) is 0. The Labute approximate surface area is 96.7 Å². The number of nitrogens with zero attached hydrogens (tertiary/aromatic N) is 2. The van der Waals surface area contributed by atoms with Crippen molar-refractivity contribution < 1.29 is 5.11 Å². The molecule has 90 valence electrons. The highest BCUT2D eigenvalue weighted by Crippen LogP contribution is 2.29. The first kappa shape index (κ1) is 11.5. The highest BCUT2D eigenvalue weighted by Gasteiger charge is 2.24. The molecule has 2 N–H and O–H groups in total. The van der Waals surface area contributed by atoms with Crippen molar-refractivity contribution in [3.05, 3.63) is 12.4 Å². The van der Waals surface area contributed by atoms with Crippen molar-refractivity contribution in [2.75, 3.05) is 18.5 Å². The van der Waals surface area contributed by atoms with Gasteiger partial charge in [0, 0.05) is 32.6 Å². The van der Waals surface area contributed by atoms with Crippen LogP contribution in [0.4, 0.5) is 5.95 Å². The summed E-state index contributed by atoms with van der Waals surface area (Å²) in [6, 6.07) is 0. The van der Waals surface area contributed by atoms with Crippen LogP contribution in [0.15, 0.2) is 12.4 Å². The van der Waals surface area contributed by atoms with E-state index in [9.17, 15) is 5.11 Å². The molecule has 1 aliphatic rings. The second kappa shape index (κ2) is 5.34. The second-order valence-corrected chi connectivity index (χ2v) is 4.73. The average Bonchev–Trinajstić information content (AvgIpc) is 2.72. The fourth-order valence-corrected chi connectivity index (χ4v) is 2.55. The van der Waals surface area contributed by atoms with E-state index in [2.05, 4.69) is 10.3 Å². The Morgan fingerprint density at radius 3 is 2.81 bits per heavy atom. The molecule has 0 aliphatic heterocycles. The molecule has 0 aromatic carbocycles. The quantitative estimate of drug-likeness (QED) is 0.815. The Morgan fingerprint density at radius 1 is 1.44 bits per heavy atom. The number of anilines is 1. The zero-order valence-corrected chi connectivity index (χ0v) is 9.89. The van der Waals surface area contributed by atoms with Gasteiger partial charge in [0.25, 0.3) is 0 Å². The minimum absolute atomic E-state index is 0.326. The lowest BCUT2D eigenvalue weighted by molar-refractivity contribution is 0.141. The van der Waals surface area contributed by atoms with E-state index in [0.29, 0.717) is 18.4 Å². The first-order chi connectivity index (χ1) is 7.81. The molecule has 0 saturated heterocycles. The first-order valence-corrected chi connectivity index (χ1v) is 6.13. The van der Waals surface area contributed by atoms with E-state index in [0.717, 1.165) is 12.5 Å². The molecule has 1 aliphatic carbocycles. The van der Waals surface area contributed by atoms with Crippen LogP contribution < -0.4 is 5.32 Å². The lowest BCUT2D eigenvalue weighted by Gasteiger charge is -2.30. The van der Waals surface area contributed by atoms with E-state index in [-0.39, 0.29) is 0 Å². The van der Waals surface area contributed by atoms with Gasteiger partial charge >= 0.3 is 0 Å². The predicted octanol–water partition coefficient (Wildman–Crippen LogP) is 1.63. The molecule has 4 heteroatoms. The summed E-state index contributed by atoms with van der Waals surface area (Å²) in [7, 11) is 1.99. The molecule has 1 saturated carbocycles. The molecule has 16 heavy (non-hydrogen) atoms. The second-order valence-electron chi connectivity index (χ2n) is 4.73. The zero-order valence-electron chi connectivity index (χ0n) is 9.89. The summed E-state index contributed by atoms with van der Waals surface area (Å²) in [5.74, 6) is 1.99. The molecule has 1 fully saturated rings. The average molecular weight is 223 g/mol. The fourth-order valence-electron chi connectivity index (χ4n) is 2.55. The number of aliphatic hydroxyl groups excluding tert-OH is 1. The molecule has 1 aromatic rings. The maximum Gasteiger partial charge on any atom is 0.202 e. The largest absolute Gasteiger partial charge is 0.396 e. The van der Waals surface area contributed by atoms with Crippen molar-refractivity contribution >= 4 is 5.95 Å². The van der Waals surface area contributed by atoms with Gasteiger partial charge < -0.3 is 15.0 Å². The van der Waals surface area contributed by atoms with Crippen LogP contribution in [0.2, 0.25) is 0 Å². The summed E-state index contributed by atoms with van der Waals surface area (Å²) in [4.78, 5) is 4.24. The highest BCUT2D eigenvalue weighted by molar-refractivity contribution is 5.25. The summed E-state index contributed by atoms with van der Waals surface area (Å²) in [6.45, 7) is 1.25. The molecular weight excluding hydrogens is 202 g/mol. The van der Waals surface area contributed by atoms with Gasteiger partial charge in [0.2, 0.25) is 5.95 Å². The Morgan fingerprint density at radius 2 is 2.19 bits per heavy atom. The van der Waals surface area contributed by atoms with E-state index in [4.69, 9.17) is 0 Å². The minimum Gasteiger partial charge on any atom is -0.396 e. The Kier molecular flexibility index (Phi) is 3.83. The van der Waals surface area contributed by atoms with Gasteiger partial charge in [0.15, 0.2) is 0 Å². The first-order valence-electron chi connectivity index (χ1n) is 6.13. The van der Waals surface area contributed by atoms with Gasteiger partial charge in [-0.2, -0.15) is 0 Å². The molecule has 0 radical (unpaired) electrons. The Balaban J connectivity index is 1.86. The summed E-state index contributed by atoms with van der Waals surface area (Å²) >= 11 is 0. The topological polar surface area (TPSA) is 50.1 Å². The van der Waals surface area contributed by atoms with Crippen LogP contribution in [0.5, 0.6) is 0 Å². The van der Waals surface area contributed by atoms with Crippen molar-refractivity contribution in [1.29, 1.82) is 0 Å². The van der Waals surface area contributed by atoms with Crippen molar-refractivity contribution in [1.82, 2.24) is 9.55 Å². The molecule has 2 atom stereocenters. The lowest BCUT2D eigenvalue weighted by Crippen LogP contribution is -2.29. The molecule has 1 aromatic heterocycles. The van der Waals surface area contributed by atoms with Crippen LogP contribution in [-0.2, 0) is 7.05 Å². The third-order valence-corrected chi connectivity index (χ3v) is 3.64. The zero-order chi connectivity index (χ0) is 11.4. The maximum atomic E-state index is 9.32. The van der Waals surface area contributed by atoms with E-state index in [1.165, 1.54) is 25.7 Å². The lowest BCUT2D eigenvalue weighted by atomic mass is 9.80. The molecule has 0 amide bonds. The molecule has 2 rings (SSSR count). The maximum absolute atomic E-state index is 9.32. The van der Waals surface area contributed by atoms with Gasteiger partial charge in [0.05, 0.1) is 0 Å². The van der Waals surface area contributed by atoms with Gasteiger partial charge in [-0.15, -0.1) is 0 Å². The van der Waals surface area contributed by atoms with E-state index in [1.54, 1.807) is 6.20 Å². The number of aryl methyl sites for hydroxylation is 1. The number of aliphatic hydroxyl groups is 1. The van der Waals surface area contributed by atoms with Crippen LogP contribution in [0.25, 0.3) is 0 Å². The van der Waals surface area contributed by atoms with Gasteiger partial charge in [-0.05, 0) is 24.7 Å². The van der Waals surface area contributed by atoms with E-state index >= 15 is 0 Å². The number of imidazole rings is 1. The summed E-state index contributed by atoms with van der Waals surface area (Å²) in [5, 5.41) is 12.7. The predicted molar refractivity (Wildman–Crippen MR) is 64.2 cm³/mol. The van der Waals surface area contributed by atoms with Gasteiger partial charge in [-0.1, -0.05) is 12.8 Å². The van der Waals surface area contributed by atoms with Crippen molar-refractivity contribution in [3.8, 4) is 0 Å². The van der Waals surface area contributed by atoms with E-state index in [1.807, 2.05) is 17.8 Å². The number of nitrogens with one attached hydrogen (secondary N) is 1. The smallest absolute Gasteiger partial charge is 0.202 e. The monoisotopic (exact) mass is 223 g/mol. The standard InChI is InChI=1S/C12H21N3O/c1-15-7-6-13-12(15)14-8-10-4-2-3-5-11(10)9-16/h6-7,10-11,16H,2-5,8-9H2,1H3,(H,13,14). The van der Waals surface area contributed by atoms with Crippen LogP contribution in [0.1, 0.15) is 25.7 Å². The van der Waals surface area contributed by atoms with Crippen LogP contribution in [0.3, 0.4) is 0 Å². The minimum atomic E-state index is 0.326. The SMILES string of the molecule is Cn1ccnc1NCC1CCCCC1CO. The number of hydrogen-bond acceptors (Lipinski definition) is 3. The molecule has 0 bridgehead atoms. The molecule has 0 spiro atoms. The molecule has 2 unspecified atom stereocenters. The highest BCUT2D eigenvalue weighted by atomic mass is 16.3. The number of aromatic nitrogens is 2. The van der Waals surface area contributed by atoms with Gasteiger partial charge in [-0.25, -0.2) is 4.98 Å². The van der Waals surface area contributed by atoms with Gasteiger partial charge in [-0.3, -0.25) is 0 Å². The Bertz CT molecular complexity index is 324. The summed E-state index contributed by atoms with van der Waals surface area (Å²) in [6.07, 6.45) is 8.69. The van der Waals surface area contributed by atoms with Crippen LogP contribution in [0, 0.1) is 11.8 Å². The van der Waals surface area contributed by atoms with E-state index < -0.39 is 0 Å². The molecular formula is C12H21N3O. The normalized spacial score (nSPS) is 25.6. The van der Waals surface area contributed by atoms with Crippen molar-refractivity contribution in [2.24, 2.45) is 18.9 Å². The van der Waals surface area contributed by atoms with Crippen LogP contribution in [-0.4, -0.2) is 27.8 Å². The number of hydrogen-bond donors (Lipinski definition) is 2. The van der Waals surface area contributed by atoms with Crippen molar-refractivity contribution in [2.45, 2.75) is 25.7 Å². The summed E-state index contributed by atoms with van der Waals surface area (Å²) < 4.78 is 1.98. The third kappa shape index (κ3) is 2.55. The van der Waals surface area contributed by atoms with Crippen LogP contribution >= 0.6 is 0 Å².